The van der Waals surface area contributed by atoms with E-state index < -0.39 is 0 Å². The molecule has 2 saturated carbocycles. The van der Waals surface area contributed by atoms with Crippen LogP contribution >= 0.6 is 0 Å². The van der Waals surface area contributed by atoms with Crippen molar-refractivity contribution in [2.45, 2.75) is 76.4 Å². The summed E-state index contributed by atoms with van der Waals surface area (Å²) in [6.07, 6.45) is 13.5. The predicted octanol–water partition coefficient (Wildman–Crippen LogP) is 6.26. The smallest absolute Gasteiger partial charge is 0.127 e. The lowest BCUT2D eigenvalue weighted by molar-refractivity contribution is 0.155. The van der Waals surface area contributed by atoms with Crippen LogP contribution in [-0.4, -0.2) is 12.2 Å². The summed E-state index contributed by atoms with van der Waals surface area (Å²) in [5.74, 6) is 2.04. The van der Waals surface area contributed by atoms with Crippen molar-refractivity contribution in [2.24, 2.45) is 0 Å². The van der Waals surface area contributed by atoms with Gasteiger partial charge in [-0.2, -0.15) is 0 Å². The average Bonchev–Trinajstić information content (AvgIpc) is 2.63. The average molecular weight is 324 g/mol. The van der Waals surface area contributed by atoms with Crippen LogP contribution in [0.4, 0.5) is 0 Å². The molecule has 128 valence electrons. The zero-order valence-corrected chi connectivity index (χ0v) is 14.5. The summed E-state index contributed by atoms with van der Waals surface area (Å²) in [4.78, 5) is 0. The molecule has 0 atom stereocenters. The van der Waals surface area contributed by atoms with Crippen molar-refractivity contribution in [3.63, 3.8) is 0 Å². The number of ether oxygens (including phenoxy) is 2. The molecule has 0 unspecified atom stereocenters. The largest absolute Gasteiger partial charge is 0.490 e. The lowest BCUT2D eigenvalue weighted by Crippen LogP contribution is -2.20. The SMILES string of the molecule is c1cc(OC2CCCCC2)c2ccc(OC3CCCCC3)cc2c1. The van der Waals surface area contributed by atoms with E-state index in [0.717, 1.165) is 11.5 Å². The molecule has 2 aromatic carbocycles. The van der Waals surface area contributed by atoms with Crippen molar-refractivity contribution >= 4 is 10.8 Å². The molecule has 2 fully saturated rings. The van der Waals surface area contributed by atoms with Crippen molar-refractivity contribution < 1.29 is 9.47 Å². The Labute approximate surface area is 145 Å². The first-order chi connectivity index (χ1) is 11.9. The topological polar surface area (TPSA) is 18.5 Å². The van der Waals surface area contributed by atoms with Gasteiger partial charge in [-0.25, -0.2) is 0 Å². The molecule has 2 aliphatic rings. The molecule has 0 N–H and O–H groups in total. The number of hydrogen-bond donors (Lipinski definition) is 0. The van der Waals surface area contributed by atoms with Crippen LogP contribution in [0.5, 0.6) is 11.5 Å². The van der Waals surface area contributed by atoms with E-state index in [-0.39, 0.29) is 0 Å². The predicted molar refractivity (Wildman–Crippen MR) is 99.0 cm³/mol. The maximum absolute atomic E-state index is 6.32. The van der Waals surface area contributed by atoms with E-state index in [1.165, 1.54) is 75.0 Å². The zero-order valence-electron chi connectivity index (χ0n) is 14.5. The van der Waals surface area contributed by atoms with Gasteiger partial charge in [0.2, 0.25) is 0 Å². The monoisotopic (exact) mass is 324 g/mol. The van der Waals surface area contributed by atoms with Gasteiger partial charge in [-0.05, 0) is 81.0 Å². The molecule has 2 aromatic rings. The Balaban J connectivity index is 1.51. The third-order valence-corrected chi connectivity index (χ3v) is 5.51. The Hall–Kier alpha value is -1.70. The van der Waals surface area contributed by atoms with Gasteiger partial charge in [0, 0.05) is 5.39 Å². The Morgan fingerprint density at radius 3 is 2.04 bits per heavy atom. The second kappa shape index (κ2) is 7.46. The van der Waals surface area contributed by atoms with E-state index in [9.17, 15) is 0 Å². The fraction of sp³-hybridized carbons (Fsp3) is 0.545. The van der Waals surface area contributed by atoms with Crippen molar-refractivity contribution in [3.8, 4) is 11.5 Å². The first-order valence-electron chi connectivity index (χ1n) is 9.74. The molecule has 2 aliphatic carbocycles. The van der Waals surface area contributed by atoms with E-state index in [4.69, 9.17) is 9.47 Å². The standard InChI is InChI=1S/C22H28O2/c1-3-9-18(10-4-1)23-20-14-15-21-17(16-20)8-7-13-22(21)24-19-11-5-2-6-12-19/h7-8,13-16,18-19H,1-6,9-12H2. The van der Waals surface area contributed by atoms with Gasteiger partial charge in [0.15, 0.2) is 0 Å². The maximum atomic E-state index is 6.32. The minimum absolute atomic E-state index is 0.391. The Bertz CT molecular complexity index is 667. The minimum atomic E-state index is 0.391. The van der Waals surface area contributed by atoms with E-state index in [1.807, 2.05) is 0 Å². The third kappa shape index (κ3) is 3.68. The fourth-order valence-electron chi connectivity index (χ4n) is 4.15. The van der Waals surface area contributed by atoms with Crippen molar-refractivity contribution in [2.75, 3.05) is 0 Å². The highest BCUT2D eigenvalue weighted by Gasteiger charge is 2.17. The van der Waals surface area contributed by atoms with Gasteiger partial charge in [-0.15, -0.1) is 0 Å². The van der Waals surface area contributed by atoms with E-state index in [2.05, 4.69) is 36.4 Å². The highest BCUT2D eigenvalue weighted by molar-refractivity contribution is 5.89. The third-order valence-electron chi connectivity index (χ3n) is 5.51. The summed E-state index contributed by atoms with van der Waals surface area (Å²) in [6, 6.07) is 12.8. The lowest BCUT2D eigenvalue weighted by Gasteiger charge is -2.24. The molecule has 2 heteroatoms. The van der Waals surface area contributed by atoms with Crippen LogP contribution in [0.1, 0.15) is 64.2 Å². The number of fused-ring (bicyclic) bond motifs is 1. The Morgan fingerprint density at radius 1 is 0.667 bits per heavy atom. The maximum Gasteiger partial charge on any atom is 0.127 e. The van der Waals surface area contributed by atoms with E-state index >= 15 is 0 Å². The molecule has 4 rings (SSSR count). The minimum Gasteiger partial charge on any atom is -0.490 e. The molecule has 0 radical (unpaired) electrons. The van der Waals surface area contributed by atoms with Gasteiger partial charge in [0.1, 0.15) is 11.5 Å². The molecule has 0 aliphatic heterocycles. The molecular weight excluding hydrogens is 296 g/mol. The summed E-state index contributed by atoms with van der Waals surface area (Å²) in [7, 11) is 0. The van der Waals surface area contributed by atoms with E-state index in [0.29, 0.717) is 12.2 Å². The van der Waals surface area contributed by atoms with Gasteiger partial charge in [-0.1, -0.05) is 25.0 Å². The Kier molecular flexibility index (Phi) is 4.91. The lowest BCUT2D eigenvalue weighted by atomic mass is 9.97. The number of benzene rings is 2. The van der Waals surface area contributed by atoms with Gasteiger partial charge >= 0.3 is 0 Å². The molecule has 24 heavy (non-hydrogen) atoms. The summed E-state index contributed by atoms with van der Waals surface area (Å²) in [5.41, 5.74) is 0. The second-order valence-electron chi connectivity index (χ2n) is 7.39. The molecule has 0 spiro atoms. The fourth-order valence-corrected chi connectivity index (χ4v) is 4.15. The van der Waals surface area contributed by atoms with Crippen LogP contribution in [-0.2, 0) is 0 Å². The van der Waals surface area contributed by atoms with Crippen molar-refractivity contribution in [3.05, 3.63) is 36.4 Å². The van der Waals surface area contributed by atoms with Crippen LogP contribution in [0.3, 0.4) is 0 Å². The quantitative estimate of drug-likeness (QED) is 0.660. The molecule has 0 aromatic heterocycles. The molecule has 0 heterocycles. The first-order valence-corrected chi connectivity index (χ1v) is 9.74. The summed E-state index contributed by atoms with van der Waals surface area (Å²) >= 11 is 0. The number of rotatable bonds is 4. The highest BCUT2D eigenvalue weighted by Crippen LogP contribution is 2.33. The first kappa shape index (κ1) is 15.8. The normalized spacial score (nSPS) is 20.2. The van der Waals surface area contributed by atoms with Crippen molar-refractivity contribution in [1.29, 1.82) is 0 Å². The van der Waals surface area contributed by atoms with Crippen LogP contribution < -0.4 is 9.47 Å². The Morgan fingerprint density at radius 2 is 1.33 bits per heavy atom. The van der Waals surface area contributed by atoms with Crippen LogP contribution in [0, 0.1) is 0 Å². The van der Waals surface area contributed by atoms with Crippen LogP contribution in [0.2, 0.25) is 0 Å². The van der Waals surface area contributed by atoms with Crippen molar-refractivity contribution in [1.82, 2.24) is 0 Å². The van der Waals surface area contributed by atoms with Gasteiger partial charge in [0.25, 0.3) is 0 Å². The van der Waals surface area contributed by atoms with Crippen LogP contribution in [0.25, 0.3) is 10.8 Å². The molecule has 2 nitrogen and oxygen atoms in total. The second-order valence-corrected chi connectivity index (χ2v) is 7.39. The highest BCUT2D eigenvalue weighted by atomic mass is 16.5. The zero-order chi connectivity index (χ0) is 16.2. The summed E-state index contributed by atoms with van der Waals surface area (Å²) in [6.45, 7) is 0. The van der Waals surface area contributed by atoms with Gasteiger partial charge in [0.05, 0.1) is 12.2 Å². The molecule has 0 saturated heterocycles. The molecular formula is C22H28O2. The molecule has 0 bridgehead atoms. The van der Waals surface area contributed by atoms with Gasteiger partial charge < -0.3 is 9.47 Å². The molecule has 0 amide bonds. The van der Waals surface area contributed by atoms with Gasteiger partial charge in [-0.3, -0.25) is 0 Å². The van der Waals surface area contributed by atoms with Crippen LogP contribution in [0.15, 0.2) is 36.4 Å². The summed E-state index contributed by atoms with van der Waals surface area (Å²) < 4.78 is 12.5. The van der Waals surface area contributed by atoms with E-state index in [1.54, 1.807) is 0 Å². The summed E-state index contributed by atoms with van der Waals surface area (Å²) in [5, 5.41) is 2.43. The number of hydrogen-bond acceptors (Lipinski definition) is 2.